The molecule has 0 radical (unpaired) electrons. The Balaban J connectivity index is 1.77. The predicted octanol–water partition coefficient (Wildman–Crippen LogP) is 3.25. The van der Waals surface area contributed by atoms with Gasteiger partial charge in [-0.2, -0.15) is 5.26 Å². The van der Waals surface area contributed by atoms with Crippen LogP contribution in [0.1, 0.15) is 17.8 Å². The van der Waals surface area contributed by atoms with E-state index in [1.165, 1.54) is 18.3 Å². The monoisotopic (exact) mass is 309 g/mol. The number of nitrogens with one attached hydrogen (secondary N) is 1. The van der Waals surface area contributed by atoms with Crippen LogP contribution in [0.15, 0.2) is 36.8 Å². The number of imidazole rings is 1. The van der Waals surface area contributed by atoms with E-state index in [1.54, 1.807) is 12.3 Å². The van der Waals surface area contributed by atoms with Crippen LogP contribution in [0.5, 0.6) is 0 Å². The number of fused-ring (bicyclic) bond motifs is 1. The summed E-state index contributed by atoms with van der Waals surface area (Å²) < 4.78 is 15.6. The highest BCUT2D eigenvalue weighted by Crippen LogP contribution is 2.26. The van der Waals surface area contributed by atoms with E-state index in [0.29, 0.717) is 28.7 Å². The van der Waals surface area contributed by atoms with Gasteiger partial charge in [0.25, 0.3) is 0 Å². The number of aromatic nitrogens is 3. The zero-order valence-electron chi connectivity index (χ0n) is 12.8. The van der Waals surface area contributed by atoms with Crippen LogP contribution >= 0.6 is 0 Å². The van der Waals surface area contributed by atoms with Crippen LogP contribution in [-0.4, -0.2) is 21.1 Å². The molecule has 3 aromatic rings. The molecule has 1 N–H and O–H groups in total. The topological polar surface area (TPSA) is 66.5 Å². The predicted molar refractivity (Wildman–Crippen MR) is 86.5 cm³/mol. The molecular weight excluding hydrogens is 293 g/mol. The molecule has 0 aliphatic heterocycles. The molecule has 3 rings (SSSR count). The molecule has 0 fully saturated rings. The number of halogens is 1. The second kappa shape index (κ2) is 6.44. The average Bonchev–Trinajstić information content (AvgIpc) is 2.96. The molecular formula is C17H16FN5. The van der Waals surface area contributed by atoms with Gasteiger partial charge in [-0.15, -0.1) is 0 Å². The first-order chi connectivity index (χ1) is 11.2. The van der Waals surface area contributed by atoms with Crippen LogP contribution in [-0.2, 0) is 6.54 Å². The van der Waals surface area contributed by atoms with Crippen LogP contribution in [0.4, 0.5) is 10.1 Å². The van der Waals surface area contributed by atoms with Gasteiger partial charge < -0.3 is 9.88 Å². The fourth-order valence-corrected chi connectivity index (χ4v) is 2.54. The maximum Gasteiger partial charge on any atom is 0.124 e. The van der Waals surface area contributed by atoms with Gasteiger partial charge in [0.2, 0.25) is 0 Å². The van der Waals surface area contributed by atoms with Crippen LogP contribution in [0.2, 0.25) is 0 Å². The number of hydrogen-bond donors (Lipinski definition) is 1. The van der Waals surface area contributed by atoms with Gasteiger partial charge in [0.15, 0.2) is 0 Å². The van der Waals surface area contributed by atoms with Crippen molar-refractivity contribution in [1.29, 1.82) is 5.26 Å². The van der Waals surface area contributed by atoms with E-state index in [2.05, 4.69) is 25.9 Å². The smallest absolute Gasteiger partial charge is 0.124 e. The Morgan fingerprint density at radius 3 is 2.96 bits per heavy atom. The summed E-state index contributed by atoms with van der Waals surface area (Å²) >= 11 is 0. The summed E-state index contributed by atoms with van der Waals surface area (Å²) in [6, 6.07) is 6.50. The molecule has 0 atom stereocenters. The highest BCUT2D eigenvalue weighted by molar-refractivity contribution is 5.93. The molecule has 5 nitrogen and oxygen atoms in total. The van der Waals surface area contributed by atoms with Crippen molar-refractivity contribution < 1.29 is 4.39 Å². The molecule has 2 aromatic heterocycles. The lowest BCUT2D eigenvalue weighted by molar-refractivity contribution is 0.629. The standard InChI is InChI=1S/C17H16FN5/c1-12-20-6-8-23(12)7-2-5-21-17-13(10-19)11-22-16-4-3-14(18)9-15(16)17/h3-4,6,8-9,11H,2,5,7H2,1H3,(H,21,22). The van der Waals surface area contributed by atoms with E-state index in [9.17, 15) is 9.65 Å². The van der Waals surface area contributed by atoms with Crippen molar-refractivity contribution in [2.45, 2.75) is 19.9 Å². The number of anilines is 1. The van der Waals surface area contributed by atoms with Gasteiger partial charge in [-0.05, 0) is 31.5 Å². The first-order valence-electron chi connectivity index (χ1n) is 7.39. The Kier molecular flexibility index (Phi) is 4.20. The molecule has 0 saturated carbocycles. The fourth-order valence-electron chi connectivity index (χ4n) is 2.54. The summed E-state index contributed by atoms with van der Waals surface area (Å²) in [5.74, 6) is 0.630. The van der Waals surface area contributed by atoms with Crippen molar-refractivity contribution in [3.8, 4) is 6.07 Å². The molecule has 0 spiro atoms. The Labute approximate surface area is 133 Å². The summed E-state index contributed by atoms with van der Waals surface area (Å²) in [7, 11) is 0. The molecule has 23 heavy (non-hydrogen) atoms. The molecule has 0 aliphatic carbocycles. The minimum Gasteiger partial charge on any atom is -0.383 e. The molecule has 116 valence electrons. The van der Waals surface area contributed by atoms with E-state index < -0.39 is 0 Å². The third-order valence-corrected chi connectivity index (χ3v) is 3.75. The molecule has 0 bridgehead atoms. The largest absolute Gasteiger partial charge is 0.383 e. The normalized spacial score (nSPS) is 10.7. The van der Waals surface area contributed by atoms with Crippen molar-refractivity contribution in [1.82, 2.24) is 14.5 Å². The lowest BCUT2D eigenvalue weighted by Gasteiger charge is -2.12. The minimum absolute atomic E-state index is 0.341. The van der Waals surface area contributed by atoms with Crippen molar-refractivity contribution in [3.05, 3.63) is 54.0 Å². The van der Waals surface area contributed by atoms with Gasteiger partial charge in [-0.3, -0.25) is 4.98 Å². The summed E-state index contributed by atoms with van der Waals surface area (Å²) in [5.41, 5.74) is 1.72. The lowest BCUT2D eigenvalue weighted by Crippen LogP contribution is -2.09. The van der Waals surface area contributed by atoms with Gasteiger partial charge in [0, 0.05) is 37.1 Å². The third-order valence-electron chi connectivity index (χ3n) is 3.75. The van der Waals surface area contributed by atoms with E-state index in [1.807, 2.05) is 13.1 Å². The molecule has 0 aliphatic rings. The average molecular weight is 309 g/mol. The van der Waals surface area contributed by atoms with Crippen LogP contribution < -0.4 is 5.32 Å². The zero-order valence-corrected chi connectivity index (χ0v) is 12.8. The van der Waals surface area contributed by atoms with Gasteiger partial charge in [0.1, 0.15) is 17.7 Å². The maximum atomic E-state index is 13.5. The zero-order chi connectivity index (χ0) is 16.2. The number of aryl methyl sites for hydroxylation is 2. The molecule has 0 saturated heterocycles. The Morgan fingerprint density at radius 2 is 2.22 bits per heavy atom. The van der Waals surface area contributed by atoms with Gasteiger partial charge >= 0.3 is 0 Å². The Bertz CT molecular complexity index is 878. The highest BCUT2D eigenvalue weighted by atomic mass is 19.1. The van der Waals surface area contributed by atoms with Crippen LogP contribution in [0, 0.1) is 24.1 Å². The summed E-state index contributed by atoms with van der Waals surface area (Å²) in [6.45, 7) is 3.46. The number of hydrogen-bond acceptors (Lipinski definition) is 4. The maximum absolute atomic E-state index is 13.5. The molecule has 1 aromatic carbocycles. The van der Waals surface area contributed by atoms with E-state index in [-0.39, 0.29) is 5.82 Å². The Morgan fingerprint density at radius 1 is 1.35 bits per heavy atom. The number of pyridine rings is 1. The van der Waals surface area contributed by atoms with Crippen molar-refractivity contribution in [2.24, 2.45) is 0 Å². The van der Waals surface area contributed by atoms with E-state index in [4.69, 9.17) is 0 Å². The third kappa shape index (κ3) is 3.14. The van der Waals surface area contributed by atoms with Crippen molar-refractivity contribution >= 4 is 16.6 Å². The van der Waals surface area contributed by atoms with Gasteiger partial charge in [0.05, 0.1) is 16.8 Å². The van der Waals surface area contributed by atoms with E-state index in [0.717, 1.165) is 18.8 Å². The van der Waals surface area contributed by atoms with Crippen LogP contribution in [0.3, 0.4) is 0 Å². The SMILES string of the molecule is Cc1nccn1CCCNc1c(C#N)cnc2ccc(F)cc12. The van der Waals surface area contributed by atoms with Gasteiger partial charge in [-0.1, -0.05) is 0 Å². The lowest BCUT2D eigenvalue weighted by atomic mass is 10.1. The number of benzene rings is 1. The number of rotatable bonds is 5. The minimum atomic E-state index is -0.341. The summed E-state index contributed by atoms with van der Waals surface area (Å²) in [6.07, 6.45) is 6.09. The number of nitriles is 1. The molecule has 6 heteroatoms. The first-order valence-corrected chi connectivity index (χ1v) is 7.39. The summed E-state index contributed by atoms with van der Waals surface area (Å²) in [5, 5.41) is 13.1. The van der Waals surface area contributed by atoms with E-state index >= 15 is 0 Å². The molecule has 0 amide bonds. The quantitative estimate of drug-likeness (QED) is 0.735. The Hall–Kier alpha value is -2.94. The van der Waals surface area contributed by atoms with Crippen LogP contribution in [0.25, 0.3) is 10.9 Å². The second-order valence-corrected chi connectivity index (χ2v) is 5.27. The number of nitrogens with zero attached hydrogens (tertiary/aromatic N) is 4. The second-order valence-electron chi connectivity index (χ2n) is 5.27. The highest BCUT2D eigenvalue weighted by Gasteiger charge is 2.09. The van der Waals surface area contributed by atoms with Crippen molar-refractivity contribution in [2.75, 3.05) is 11.9 Å². The fraction of sp³-hybridized carbons (Fsp3) is 0.235. The summed E-state index contributed by atoms with van der Waals surface area (Å²) in [4.78, 5) is 8.37. The first kappa shape index (κ1) is 15.0. The molecule has 0 unspecified atom stereocenters. The van der Waals surface area contributed by atoms with Crippen molar-refractivity contribution in [3.63, 3.8) is 0 Å². The van der Waals surface area contributed by atoms with Gasteiger partial charge in [-0.25, -0.2) is 9.37 Å². The molecule has 2 heterocycles.